The number of rotatable bonds is 2. The summed E-state index contributed by atoms with van der Waals surface area (Å²) in [6, 6.07) is 38.8. The van der Waals surface area contributed by atoms with E-state index < -0.39 is 0 Å². The number of ether oxygens (including phenoxy) is 1. The molecule has 5 aromatic carbocycles. The van der Waals surface area contributed by atoms with Crippen molar-refractivity contribution < 1.29 is 4.74 Å². The predicted molar refractivity (Wildman–Crippen MR) is 147 cm³/mol. The molecule has 3 heterocycles. The summed E-state index contributed by atoms with van der Waals surface area (Å²) in [6.07, 6.45) is -0.225. The number of fused-ring (bicyclic) bond motifs is 8. The molecule has 0 spiro atoms. The Morgan fingerprint density at radius 3 is 2.34 bits per heavy atom. The first kappa shape index (κ1) is 19.1. The molecule has 2 aromatic heterocycles. The van der Waals surface area contributed by atoms with Gasteiger partial charge in [0.05, 0.1) is 16.7 Å². The first-order chi connectivity index (χ1) is 17.3. The van der Waals surface area contributed by atoms with Crippen molar-refractivity contribution in [3.63, 3.8) is 0 Å². The van der Waals surface area contributed by atoms with Gasteiger partial charge in [-0.3, -0.25) is 0 Å². The third-order valence-corrected chi connectivity index (χ3v) is 8.18. The van der Waals surface area contributed by atoms with Crippen molar-refractivity contribution >= 4 is 59.0 Å². The highest BCUT2D eigenvalue weighted by molar-refractivity contribution is 7.26. The molecule has 1 aliphatic heterocycles. The van der Waals surface area contributed by atoms with Gasteiger partial charge in [0, 0.05) is 42.2 Å². The minimum atomic E-state index is -0.225. The Kier molecular flexibility index (Phi) is 3.87. The summed E-state index contributed by atoms with van der Waals surface area (Å²) in [6.45, 7) is 0. The van der Waals surface area contributed by atoms with Gasteiger partial charge >= 0.3 is 0 Å². The molecule has 1 unspecified atom stereocenters. The number of hydrogen-bond donors (Lipinski definition) is 1. The molecule has 1 atom stereocenters. The number of anilines is 1. The Labute approximate surface area is 205 Å². The second-order valence-electron chi connectivity index (χ2n) is 9.02. The van der Waals surface area contributed by atoms with Gasteiger partial charge in [0.25, 0.3) is 0 Å². The van der Waals surface area contributed by atoms with Crippen molar-refractivity contribution in [2.24, 2.45) is 0 Å². The number of thiophene rings is 1. The van der Waals surface area contributed by atoms with Crippen molar-refractivity contribution in [2.45, 2.75) is 6.23 Å². The second-order valence-corrected chi connectivity index (χ2v) is 10.1. The minimum absolute atomic E-state index is 0.225. The van der Waals surface area contributed by atoms with Crippen molar-refractivity contribution in [3.8, 4) is 11.4 Å². The number of para-hydroxylation sites is 2. The molecule has 8 rings (SSSR count). The average Bonchev–Trinajstić information content (AvgIpc) is 3.60. The molecular weight excluding hydrogens is 448 g/mol. The van der Waals surface area contributed by atoms with Crippen LogP contribution in [0.3, 0.4) is 0 Å². The predicted octanol–water partition coefficient (Wildman–Crippen LogP) is 8.65. The van der Waals surface area contributed by atoms with Gasteiger partial charge in [0.2, 0.25) is 0 Å². The zero-order valence-corrected chi connectivity index (χ0v) is 19.5. The zero-order chi connectivity index (χ0) is 22.9. The standard InChI is InChI=1S/C31H20N2OS/c1-2-8-20(9-3-1)33-24-12-6-4-10-21(24)23-18-19(14-15-25(23)33)31-32-30-26(34-31)16-17-28-29(30)22-11-5-7-13-27(22)35-28/h1-18,31-32H. The number of nitrogens with one attached hydrogen (secondary N) is 1. The molecule has 0 radical (unpaired) electrons. The summed E-state index contributed by atoms with van der Waals surface area (Å²) in [7, 11) is 0. The molecule has 7 aromatic rings. The lowest BCUT2D eigenvalue weighted by Gasteiger charge is -2.13. The van der Waals surface area contributed by atoms with Crippen LogP contribution in [0.4, 0.5) is 5.69 Å². The fraction of sp³-hybridized carbons (Fsp3) is 0.0323. The summed E-state index contributed by atoms with van der Waals surface area (Å²) < 4.78 is 11.4. The monoisotopic (exact) mass is 468 g/mol. The van der Waals surface area contributed by atoms with E-state index in [1.165, 1.54) is 47.7 Å². The summed E-state index contributed by atoms with van der Waals surface area (Å²) in [5, 5.41) is 8.71. The van der Waals surface area contributed by atoms with Crippen molar-refractivity contribution in [1.29, 1.82) is 0 Å². The topological polar surface area (TPSA) is 26.2 Å². The van der Waals surface area contributed by atoms with Crippen molar-refractivity contribution in [2.75, 3.05) is 5.32 Å². The summed E-state index contributed by atoms with van der Waals surface area (Å²) in [5.41, 5.74) is 5.79. The molecule has 3 nitrogen and oxygen atoms in total. The second kappa shape index (κ2) is 7.11. The van der Waals surface area contributed by atoms with Crippen molar-refractivity contribution in [1.82, 2.24) is 4.57 Å². The largest absolute Gasteiger partial charge is 0.464 e. The van der Waals surface area contributed by atoms with Gasteiger partial charge in [-0.1, -0.05) is 60.7 Å². The van der Waals surface area contributed by atoms with Crippen LogP contribution in [0.25, 0.3) is 47.7 Å². The SMILES string of the molecule is c1ccc(-n2c3ccccc3c3cc(C4Nc5c(ccc6sc7ccccc7c56)O4)ccc32)cc1. The van der Waals surface area contributed by atoms with Crippen LogP contribution in [0.1, 0.15) is 11.8 Å². The van der Waals surface area contributed by atoms with Gasteiger partial charge in [0.1, 0.15) is 5.75 Å². The molecule has 0 saturated heterocycles. The maximum atomic E-state index is 6.46. The van der Waals surface area contributed by atoms with Crippen LogP contribution in [-0.4, -0.2) is 4.57 Å². The third-order valence-electron chi connectivity index (χ3n) is 7.04. The Morgan fingerprint density at radius 1 is 0.657 bits per heavy atom. The Hall–Kier alpha value is -4.28. The quantitative estimate of drug-likeness (QED) is 0.275. The molecular formula is C31H20N2OS. The van der Waals surface area contributed by atoms with Gasteiger partial charge in [0.15, 0.2) is 6.23 Å². The Morgan fingerprint density at radius 2 is 1.43 bits per heavy atom. The first-order valence-electron chi connectivity index (χ1n) is 11.8. The normalized spacial score (nSPS) is 15.0. The van der Waals surface area contributed by atoms with Gasteiger partial charge < -0.3 is 14.6 Å². The number of nitrogens with zero attached hydrogens (tertiary/aromatic N) is 1. The van der Waals surface area contributed by atoms with Gasteiger partial charge in [-0.2, -0.15) is 0 Å². The number of aromatic nitrogens is 1. The molecule has 0 fully saturated rings. The maximum Gasteiger partial charge on any atom is 0.196 e. The number of hydrogen-bond acceptors (Lipinski definition) is 3. The summed E-state index contributed by atoms with van der Waals surface area (Å²) in [4.78, 5) is 0. The zero-order valence-electron chi connectivity index (χ0n) is 18.7. The Bertz CT molecular complexity index is 1920. The van der Waals surface area contributed by atoms with E-state index in [-0.39, 0.29) is 6.23 Å². The highest BCUT2D eigenvalue weighted by atomic mass is 32.1. The maximum absolute atomic E-state index is 6.46. The summed E-state index contributed by atoms with van der Waals surface area (Å²) >= 11 is 1.83. The molecule has 0 bridgehead atoms. The lowest BCUT2D eigenvalue weighted by molar-refractivity contribution is 0.260. The van der Waals surface area contributed by atoms with E-state index in [4.69, 9.17) is 4.74 Å². The van der Waals surface area contributed by atoms with Crippen LogP contribution in [-0.2, 0) is 0 Å². The van der Waals surface area contributed by atoms with Gasteiger partial charge in [-0.25, -0.2) is 0 Å². The molecule has 1 aliphatic rings. The lowest BCUT2D eigenvalue weighted by atomic mass is 10.1. The van der Waals surface area contributed by atoms with Crippen LogP contribution in [0, 0.1) is 0 Å². The average molecular weight is 469 g/mol. The molecule has 0 aliphatic carbocycles. The van der Waals surface area contributed by atoms with Crippen molar-refractivity contribution in [3.05, 3.63) is 115 Å². The van der Waals surface area contributed by atoms with E-state index >= 15 is 0 Å². The lowest BCUT2D eigenvalue weighted by Crippen LogP contribution is -2.10. The molecule has 1 N–H and O–H groups in total. The van der Waals surface area contributed by atoms with E-state index in [0.29, 0.717) is 0 Å². The third kappa shape index (κ3) is 2.71. The summed E-state index contributed by atoms with van der Waals surface area (Å²) in [5.74, 6) is 0.915. The first-order valence-corrected chi connectivity index (χ1v) is 12.6. The molecule has 0 saturated carbocycles. The van der Waals surface area contributed by atoms with Crippen LogP contribution < -0.4 is 10.1 Å². The van der Waals surface area contributed by atoms with E-state index in [2.05, 4.69) is 119 Å². The molecule has 35 heavy (non-hydrogen) atoms. The highest BCUT2D eigenvalue weighted by Gasteiger charge is 2.27. The fourth-order valence-corrected chi connectivity index (χ4v) is 6.60. The van der Waals surface area contributed by atoms with E-state index in [1.807, 2.05) is 11.3 Å². The molecule has 166 valence electrons. The van der Waals surface area contributed by atoms with E-state index in [0.717, 1.165) is 17.0 Å². The molecule has 0 amide bonds. The minimum Gasteiger partial charge on any atom is -0.464 e. The van der Waals surface area contributed by atoms with Crippen LogP contribution in [0.2, 0.25) is 0 Å². The Balaban J connectivity index is 1.28. The van der Waals surface area contributed by atoms with E-state index in [1.54, 1.807) is 0 Å². The molecule has 4 heteroatoms. The van der Waals surface area contributed by atoms with Gasteiger partial charge in [-0.15, -0.1) is 11.3 Å². The fourth-order valence-electron chi connectivity index (χ4n) is 5.49. The van der Waals surface area contributed by atoms with E-state index in [9.17, 15) is 0 Å². The van der Waals surface area contributed by atoms with Crippen LogP contribution >= 0.6 is 11.3 Å². The van der Waals surface area contributed by atoms with Crippen LogP contribution in [0.5, 0.6) is 5.75 Å². The number of benzene rings is 5. The smallest absolute Gasteiger partial charge is 0.196 e. The van der Waals surface area contributed by atoms with Gasteiger partial charge in [-0.05, 0) is 48.5 Å². The highest BCUT2D eigenvalue weighted by Crippen LogP contribution is 2.48. The van der Waals surface area contributed by atoms with Crippen LogP contribution in [0.15, 0.2) is 109 Å².